The fraction of sp³-hybridized carbons (Fsp3) is 0.750. The van der Waals surface area contributed by atoms with E-state index in [2.05, 4.69) is 10.6 Å². The van der Waals surface area contributed by atoms with Crippen LogP contribution in [-0.2, 0) is 14.4 Å². The van der Waals surface area contributed by atoms with Gasteiger partial charge in [0.05, 0.1) is 6.61 Å². The van der Waals surface area contributed by atoms with Crippen molar-refractivity contribution < 1.29 is 24.6 Å². The van der Waals surface area contributed by atoms with Gasteiger partial charge in [0.2, 0.25) is 11.8 Å². The molecule has 0 heterocycles. The summed E-state index contributed by atoms with van der Waals surface area (Å²) in [5.41, 5.74) is 10.7. The third kappa shape index (κ3) is 7.59. The zero-order valence-electron chi connectivity index (χ0n) is 12.0. The fourth-order valence-electron chi connectivity index (χ4n) is 1.50. The first kappa shape index (κ1) is 19.3. The smallest absolute Gasteiger partial charge is 0.325 e. The Morgan fingerprint density at radius 1 is 1.14 bits per heavy atom. The summed E-state index contributed by atoms with van der Waals surface area (Å²) in [6.45, 7) is 1.22. The maximum atomic E-state index is 12.0. The second kappa shape index (κ2) is 10.1. The highest BCUT2D eigenvalue weighted by atomic mass is 16.4. The van der Waals surface area contributed by atoms with Crippen LogP contribution in [0.2, 0.25) is 0 Å². The van der Waals surface area contributed by atoms with E-state index in [1.54, 1.807) is 0 Å². The van der Waals surface area contributed by atoms with Gasteiger partial charge in [0, 0.05) is 0 Å². The maximum Gasteiger partial charge on any atom is 0.325 e. The number of carbonyl (C=O) groups excluding carboxylic acids is 2. The van der Waals surface area contributed by atoms with Gasteiger partial charge in [-0.3, -0.25) is 14.4 Å². The molecule has 8 N–H and O–H groups in total. The molecule has 9 heteroatoms. The van der Waals surface area contributed by atoms with Crippen LogP contribution >= 0.6 is 0 Å². The lowest BCUT2D eigenvalue weighted by molar-refractivity contribution is -0.141. The zero-order chi connectivity index (χ0) is 16.4. The first-order valence-electron chi connectivity index (χ1n) is 6.73. The number of nitrogens with two attached hydrogens (primary N) is 2. The Morgan fingerprint density at radius 3 is 2.24 bits per heavy atom. The molecule has 0 aliphatic carbocycles. The fourth-order valence-corrected chi connectivity index (χ4v) is 1.50. The summed E-state index contributed by atoms with van der Waals surface area (Å²) in [7, 11) is 0. The molecule has 3 atom stereocenters. The molecule has 2 amide bonds. The van der Waals surface area contributed by atoms with Gasteiger partial charge in [0.15, 0.2) is 0 Å². The van der Waals surface area contributed by atoms with Crippen molar-refractivity contribution in [3.05, 3.63) is 0 Å². The van der Waals surface area contributed by atoms with Gasteiger partial charge in [-0.1, -0.05) is 0 Å². The van der Waals surface area contributed by atoms with Gasteiger partial charge in [0.25, 0.3) is 0 Å². The Hall–Kier alpha value is -1.71. The number of aliphatic hydroxyl groups excluding tert-OH is 1. The van der Waals surface area contributed by atoms with E-state index in [-0.39, 0.29) is 0 Å². The number of rotatable bonds is 10. The lowest BCUT2D eigenvalue weighted by Crippen LogP contribution is -2.54. The number of hydrogen-bond acceptors (Lipinski definition) is 6. The van der Waals surface area contributed by atoms with E-state index in [1.165, 1.54) is 6.92 Å². The predicted octanol–water partition coefficient (Wildman–Crippen LogP) is -2.49. The summed E-state index contributed by atoms with van der Waals surface area (Å²) < 4.78 is 0. The molecular formula is C12H24N4O5. The number of carbonyl (C=O) groups is 3. The van der Waals surface area contributed by atoms with E-state index in [4.69, 9.17) is 21.7 Å². The number of aliphatic carboxylic acids is 1. The summed E-state index contributed by atoms with van der Waals surface area (Å²) in [6.07, 6.45) is 1.56. The molecule has 0 saturated heterocycles. The highest BCUT2D eigenvalue weighted by Crippen LogP contribution is 2.02. The van der Waals surface area contributed by atoms with Crippen molar-refractivity contribution in [1.82, 2.24) is 10.6 Å². The summed E-state index contributed by atoms with van der Waals surface area (Å²) in [5.74, 6) is -2.46. The highest BCUT2D eigenvalue weighted by Gasteiger charge is 2.25. The topological polar surface area (TPSA) is 168 Å². The van der Waals surface area contributed by atoms with E-state index < -0.39 is 42.5 Å². The number of carboxylic acid groups (broad SMARTS) is 1. The van der Waals surface area contributed by atoms with Crippen LogP contribution in [0.25, 0.3) is 0 Å². The lowest BCUT2D eigenvalue weighted by Gasteiger charge is -2.21. The minimum absolute atomic E-state index is 0.305. The van der Waals surface area contributed by atoms with Gasteiger partial charge < -0.3 is 32.3 Å². The molecule has 0 unspecified atom stereocenters. The van der Waals surface area contributed by atoms with Gasteiger partial charge in [-0.15, -0.1) is 0 Å². The molecule has 0 bridgehead atoms. The van der Waals surface area contributed by atoms with Crippen molar-refractivity contribution in [2.45, 2.75) is 44.3 Å². The first-order valence-corrected chi connectivity index (χ1v) is 6.73. The Bertz CT molecular complexity index is 364. The van der Waals surface area contributed by atoms with Gasteiger partial charge >= 0.3 is 5.97 Å². The average molecular weight is 304 g/mol. The van der Waals surface area contributed by atoms with Gasteiger partial charge in [0.1, 0.15) is 18.1 Å². The quantitative estimate of drug-likeness (QED) is 0.243. The van der Waals surface area contributed by atoms with Crippen LogP contribution in [0.5, 0.6) is 0 Å². The summed E-state index contributed by atoms with van der Waals surface area (Å²) >= 11 is 0. The normalized spacial score (nSPS) is 14.9. The van der Waals surface area contributed by atoms with E-state index >= 15 is 0 Å². The third-order valence-electron chi connectivity index (χ3n) is 2.84. The summed E-state index contributed by atoms with van der Waals surface area (Å²) in [5, 5.41) is 22.3. The molecule has 0 saturated carbocycles. The van der Waals surface area contributed by atoms with Crippen LogP contribution in [0.15, 0.2) is 0 Å². The molecule has 0 aliphatic heterocycles. The minimum Gasteiger partial charge on any atom is -0.480 e. The highest BCUT2D eigenvalue weighted by molar-refractivity contribution is 5.91. The van der Waals surface area contributed by atoms with Crippen molar-refractivity contribution in [2.75, 3.05) is 13.2 Å². The monoisotopic (exact) mass is 304 g/mol. The Kier molecular flexibility index (Phi) is 9.26. The van der Waals surface area contributed by atoms with Crippen LogP contribution in [0.3, 0.4) is 0 Å². The molecule has 21 heavy (non-hydrogen) atoms. The Morgan fingerprint density at radius 2 is 1.76 bits per heavy atom. The standard InChI is InChI=1S/C12H24N4O5/c1-7(12(20)21)15-11(19)9(4-2-3-5-13)16-10(18)8(14)6-17/h7-9,17H,2-6,13-14H2,1H3,(H,15,19)(H,16,18)(H,20,21)/t7-,8-,9-/m0/s1. The zero-order valence-corrected chi connectivity index (χ0v) is 12.0. The molecule has 122 valence electrons. The van der Waals surface area contributed by atoms with E-state index in [1.807, 2.05) is 0 Å². The summed E-state index contributed by atoms with van der Waals surface area (Å²) in [6, 6.07) is -3.12. The second-order valence-electron chi connectivity index (χ2n) is 4.70. The van der Waals surface area contributed by atoms with Crippen molar-refractivity contribution in [1.29, 1.82) is 0 Å². The number of hydrogen-bond donors (Lipinski definition) is 6. The molecule has 0 aliphatic rings. The minimum atomic E-state index is -1.18. The second-order valence-corrected chi connectivity index (χ2v) is 4.70. The van der Waals surface area contributed by atoms with E-state index in [0.29, 0.717) is 25.8 Å². The predicted molar refractivity (Wildman–Crippen MR) is 75.1 cm³/mol. The number of carboxylic acids is 1. The molecule has 0 aromatic heterocycles. The Labute approximate surface area is 123 Å². The van der Waals surface area contributed by atoms with Crippen LogP contribution < -0.4 is 22.1 Å². The maximum absolute atomic E-state index is 12.0. The van der Waals surface area contributed by atoms with Crippen LogP contribution in [0.4, 0.5) is 0 Å². The van der Waals surface area contributed by atoms with Crippen molar-refractivity contribution in [3.63, 3.8) is 0 Å². The molecule has 0 aromatic carbocycles. The molecule has 0 fully saturated rings. The van der Waals surface area contributed by atoms with Gasteiger partial charge in [-0.05, 0) is 32.7 Å². The molecule has 0 spiro atoms. The lowest BCUT2D eigenvalue weighted by atomic mass is 10.1. The molecular weight excluding hydrogens is 280 g/mol. The SMILES string of the molecule is C[C@H](NC(=O)[C@H](CCCCN)NC(=O)[C@@H](N)CO)C(=O)O. The third-order valence-corrected chi connectivity index (χ3v) is 2.84. The van der Waals surface area contributed by atoms with Crippen LogP contribution in [0, 0.1) is 0 Å². The van der Waals surface area contributed by atoms with Crippen molar-refractivity contribution in [3.8, 4) is 0 Å². The first-order chi connectivity index (χ1) is 9.83. The van der Waals surface area contributed by atoms with Gasteiger partial charge in [-0.2, -0.15) is 0 Å². The molecule has 0 rings (SSSR count). The molecule has 0 aromatic rings. The number of unbranched alkanes of at least 4 members (excludes halogenated alkanes) is 1. The number of aliphatic hydroxyl groups is 1. The van der Waals surface area contributed by atoms with Crippen LogP contribution in [0.1, 0.15) is 26.2 Å². The summed E-state index contributed by atoms with van der Waals surface area (Å²) in [4.78, 5) is 34.3. The molecule has 0 radical (unpaired) electrons. The van der Waals surface area contributed by atoms with Gasteiger partial charge in [-0.25, -0.2) is 0 Å². The van der Waals surface area contributed by atoms with E-state index in [9.17, 15) is 14.4 Å². The average Bonchev–Trinajstić information content (AvgIpc) is 2.44. The Balaban J connectivity index is 4.67. The number of nitrogens with one attached hydrogen (secondary N) is 2. The molecule has 9 nitrogen and oxygen atoms in total. The largest absolute Gasteiger partial charge is 0.480 e. The van der Waals surface area contributed by atoms with Crippen molar-refractivity contribution in [2.24, 2.45) is 11.5 Å². The van der Waals surface area contributed by atoms with E-state index in [0.717, 1.165) is 0 Å². The number of amides is 2. The van der Waals surface area contributed by atoms with Crippen molar-refractivity contribution >= 4 is 17.8 Å². The van der Waals surface area contributed by atoms with Crippen LogP contribution in [-0.4, -0.2) is 59.3 Å².